The number of hydrogen-bond acceptors (Lipinski definition) is 3. The summed E-state index contributed by atoms with van der Waals surface area (Å²) in [6.07, 6.45) is 2.96. The molecule has 1 aromatic heterocycles. The second-order valence-corrected chi connectivity index (χ2v) is 8.36. The Balaban J connectivity index is 2.05. The van der Waals surface area contributed by atoms with E-state index in [2.05, 4.69) is 12.2 Å². The second-order valence-electron chi connectivity index (χ2n) is 8.36. The van der Waals surface area contributed by atoms with Crippen LogP contribution < -0.4 is 15.5 Å². The molecule has 1 heterocycles. The van der Waals surface area contributed by atoms with Gasteiger partial charge in [-0.2, -0.15) is 0 Å². The Kier molecular flexibility index (Phi) is 7.75. The number of benzene rings is 2. The molecule has 0 atom stereocenters. The van der Waals surface area contributed by atoms with Crippen LogP contribution in [-0.2, 0) is 26.3 Å². The summed E-state index contributed by atoms with van der Waals surface area (Å²) in [5, 5.41) is 3.09. The highest BCUT2D eigenvalue weighted by Gasteiger charge is 2.23. The van der Waals surface area contributed by atoms with E-state index in [0.29, 0.717) is 12.0 Å². The number of hydrogen-bond donors (Lipinski definition) is 1. The average Bonchev–Trinajstić information content (AvgIpc) is 2.82. The van der Waals surface area contributed by atoms with Crippen LogP contribution in [0.2, 0.25) is 0 Å². The average molecular weight is 447 g/mol. The summed E-state index contributed by atoms with van der Waals surface area (Å²) in [5.74, 6) is 1.16. The van der Waals surface area contributed by atoms with Gasteiger partial charge in [-0.25, -0.2) is 0 Å². The maximum atomic E-state index is 13.5. The van der Waals surface area contributed by atoms with Gasteiger partial charge in [-0.1, -0.05) is 45.4 Å². The van der Waals surface area contributed by atoms with Crippen LogP contribution in [0.1, 0.15) is 65.6 Å². The van der Waals surface area contributed by atoms with Crippen LogP contribution in [0.5, 0.6) is 11.5 Å². The molecule has 0 unspecified atom stereocenters. The maximum absolute atomic E-state index is 13.5. The van der Waals surface area contributed by atoms with Gasteiger partial charge >= 0.3 is 0 Å². The maximum Gasteiger partial charge on any atom is 0.261 e. The summed E-state index contributed by atoms with van der Waals surface area (Å²) in [6, 6.07) is 13.6. The Morgan fingerprint density at radius 2 is 1.58 bits per heavy atom. The van der Waals surface area contributed by atoms with Crippen molar-refractivity contribution < 1.29 is 9.53 Å². The highest BCUT2D eigenvalue weighted by Crippen LogP contribution is 2.32. The van der Waals surface area contributed by atoms with Crippen molar-refractivity contribution in [3.63, 3.8) is 0 Å². The van der Waals surface area contributed by atoms with Gasteiger partial charge in [0, 0.05) is 29.7 Å². The second kappa shape index (κ2) is 10.5. The summed E-state index contributed by atoms with van der Waals surface area (Å²) >= 11 is 0. The van der Waals surface area contributed by atoms with E-state index in [4.69, 9.17) is 4.74 Å². The number of amides is 1. The zero-order valence-corrected chi connectivity index (χ0v) is 20.5. The lowest BCUT2D eigenvalue weighted by atomic mass is 10.00. The lowest BCUT2D eigenvalue weighted by Crippen LogP contribution is -2.30. The number of pyridine rings is 1. The van der Waals surface area contributed by atoms with Crippen LogP contribution in [0, 0.1) is 13.8 Å². The fourth-order valence-electron chi connectivity index (χ4n) is 4.18. The van der Waals surface area contributed by atoms with E-state index in [1.54, 1.807) is 6.92 Å². The van der Waals surface area contributed by atoms with Crippen LogP contribution in [0.4, 0.5) is 5.69 Å². The summed E-state index contributed by atoms with van der Waals surface area (Å²) in [4.78, 5) is 26.6. The van der Waals surface area contributed by atoms with Crippen LogP contribution in [0.3, 0.4) is 0 Å². The van der Waals surface area contributed by atoms with Crippen molar-refractivity contribution in [2.24, 2.45) is 7.05 Å². The van der Waals surface area contributed by atoms with Crippen molar-refractivity contribution in [1.82, 2.24) is 4.57 Å². The van der Waals surface area contributed by atoms with Gasteiger partial charge in [0.2, 0.25) is 0 Å². The first-order valence-corrected chi connectivity index (χ1v) is 11.7. The predicted octanol–water partition coefficient (Wildman–Crippen LogP) is 6.12. The van der Waals surface area contributed by atoms with Crippen LogP contribution in [0.15, 0.2) is 47.3 Å². The predicted molar refractivity (Wildman–Crippen MR) is 135 cm³/mol. The number of para-hydroxylation sites is 1. The Hall–Kier alpha value is -3.34. The minimum Gasteiger partial charge on any atom is -0.457 e. The molecule has 0 aliphatic carbocycles. The summed E-state index contributed by atoms with van der Waals surface area (Å²) in [6.45, 7) is 9.86. The minimum absolute atomic E-state index is 0.188. The number of carbonyl (C=O) groups is 1. The fraction of sp³-hybridized carbons (Fsp3) is 0.357. The van der Waals surface area contributed by atoms with Crippen molar-refractivity contribution >= 4 is 11.6 Å². The van der Waals surface area contributed by atoms with E-state index in [9.17, 15) is 9.59 Å². The van der Waals surface area contributed by atoms with E-state index in [1.165, 1.54) is 0 Å². The van der Waals surface area contributed by atoms with Crippen molar-refractivity contribution in [2.75, 3.05) is 5.32 Å². The van der Waals surface area contributed by atoms with Gasteiger partial charge in [0.05, 0.1) is 0 Å². The molecule has 2 aromatic carbocycles. The Bertz CT molecular complexity index is 1190. The molecular formula is C28H34N2O3. The Morgan fingerprint density at radius 3 is 2.12 bits per heavy atom. The lowest BCUT2D eigenvalue weighted by molar-refractivity contribution is 0.102. The van der Waals surface area contributed by atoms with E-state index in [0.717, 1.165) is 59.0 Å². The number of aromatic nitrogens is 1. The molecular weight excluding hydrogens is 412 g/mol. The van der Waals surface area contributed by atoms with Gasteiger partial charge in [-0.05, 0) is 68.5 Å². The van der Waals surface area contributed by atoms with Crippen molar-refractivity contribution in [3.8, 4) is 11.5 Å². The smallest absolute Gasteiger partial charge is 0.261 e. The molecule has 5 nitrogen and oxygen atoms in total. The van der Waals surface area contributed by atoms with Crippen LogP contribution in [-0.4, -0.2) is 10.5 Å². The van der Waals surface area contributed by atoms with Gasteiger partial charge in [0.15, 0.2) is 5.43 Å². The fourth-order valence-corrected chi connectivity index (χ4v) is 4.18. The molecule has 0 bridgehead atoms. The zero-order chi connectivity index (χ0) is 24.1. The van der Waals surface area contributed by atoms with Gasteiger partial charge < -0.3 is 14.6 Å². The topological polar surface area (TPSA) is 60.3 Å². The molecule has 3 rings (SSSR count). The monoisotopic (exact) mass is 446 g/mol. The number of ether oxygens (including phenoxy) is 1. The third-order valence-electron chi connectivity index (χ3n) is 6.28. The number of carbonyl (C=O) groups excluding carboxylic acids is 1. The highest BCUT2D eigenvalue weighted by atomic mass is 16.5. The van der Waals surface area contributed by atoms with E-state index in [1.807, 2.05) is 74.9 Å². The van der Waals surface area contributed by atoms with E-state index < -0.39 is 0 Å². The number of nitrogens with one attached hydrogen (secondary N) is 1. The quantitative estimate of drug-likeness (QED) is 0.453. The largest absolute Gasteiger partial charge is 0.457 e. The van der Waals surface area contributed by atoms with Crippen molar-refractivity contribution in [3.05, 3.63) is 86.3 Å². The molecule has 0 aliphatic heterocycles. The molecule has 5 heteroatoms. The SMILES string of the molecule is CCCc1c(C(=O)Nc2c(CC)cc(Oc3ccccc3)cc2CC)c(=O)c(C)c(C)n1C. The first-order valence-electron chi connectivity index (χ1n) is 11.7. The number of aryl methyl sites for hydroxylation is 2. The standard InChI is InChI=1S/C28H34N2O3/c1-7-13-24-25(27(31)18(4)19(5)30(24)6)28(32)29-26-20(8-2)16-23(17-21(26)9-3)33-22-14-11-10-12-15-22/h10-12,14-17H,7-9,13H2,1-6H3,(H,29,32). The molecule has 0 spiro atoms. The summed E-state index contributed by atoms with van der Waals surface area (Å²) in [5.41, 5.74) is 5.07. The molecule has 0 saturated carbocycles. The first kappa shape index (κ1) is 24.3. The normalized spacial score (nSPS) is 10.8. The molecule has 1 N–H and O–H groups in total. The lowest BCUT2D eigenvalue weighted by Gasteiger charge is -2.20. The van der Waals surface area contributed by atoms with Gasteiger partial charge in [-0.3, -0.25) is 9.59 Å². The van der Waals surface area contributed by atoms with Gasteiger partial charge in [-0.15, -0.1) is 0 Å². The van der Waals surface area contributed by atoms with Crippen LogP contribution >= 0.6 is 0 Å². The third kappa shape index (κ3) is 5.03. The Labute approximate surface area is 196 Å². The first-order chi connectivity index (χ1) is 15.8. The van der Waals surface area contributed by atoms with E-state index >= 15 is 0 Å². The Morgan fingerprint density at radius 1 is 0.970 bits per heavy atom. The molecule has 0 aliphatic rings. The number of rotatable bonds is 8. The summed E-state index contributed by atoms with van der Waals surface area (Å²) in [7, 11) is 1.92. The van der Waals surface area contributed by atoms with E-state index in [-0.39, 0.29) is 16.9 Å². The van der Waals surface area contributed by atoms with Gasteiger partial charge in [0.1, 0.15) is 17.1 Å². The molecule has 174 valence electrons. The molecule has 33 heavy (non-hydrogen) atoms. The number of anilines is 1. The molecule has 3 aromatic rings. The third-order valence-corrected chi connectivity index (χ3v) is 6.28. The molecule has 0 saturated heterocycles. The highest BCUT2D eigenvalue weighted by molar-refractivity contribution is 6.06. The van der Waals surface area contributed by atoms with Crippen molar-refractivity contribution in [2.45, 2.75) is 60.3 Å². The van der Waals surface area contributed by atoms with Crippen molar-refractivity contribution in [1.29, 1.82) is 0 Å². The molecule has 0 fully saturated rings. The minimum atomic E-state index is -0.344. The molecule has 0 radical (unpaired) electrons. The number of nitrogens with zero attached hydrogens (tertiary/aromatic N) is 1. The van der Waals surface area contributed by atoms with Gasteiger partial charge in [0.25, 0.3) is 5.91 Å². The van der Waals surface area contributed by atoms with Crippen LogP contribution in [0.25, 0.3) is 0 Å². The summed E-state index contributed by atoms with van der Waals surface area (Å²) < 4.78 is 8.04. The zero-order valence-electron chi connectivity index (χ0n) is 20.5. The molecule has 1 amide bonds.